The van der Waals surface area contributed by atoms with Crippen LogP contribution in [0.2, 0.25) is 0 Å². The molecule has 0 fully saturated rings. The molecule has 0 radical (unpaired) electrons. The Morgan fingerprint density at radius 2 is 2.06 bits per heavy atom. The van der Waals surface area contributed by atoms with Crippen LogP contribution in [0.5, 0.6) is 5.75 Å². The third-order valence-electron chi connectivity index (χ3n) is 5.20. The quantitative estimate of drug-likeness (QED) is 0.314. The first-order valence-corrected chi connectivity index (χ1v) is 11.5. The highest BCUT2D eigenvalue weighted by Crippen LogP contribution is 2.36. The summed E-state index contributed by atoms with van der Waals surface area (Å²) in [5.41, 5.74) is 0.268. The van der Waals surface area contributed by atoms with Crippen LogP contribution in [0.4, 0.5) is 17.6 Å². The normalized spacial score (nSPS) is 16.3. The summed E-state index contributed by atoms with van der Waals surface area (Å²) >= 11 is 1.46. The number of hydrogen-bond acceptors (Lipinski definition) is 7. The molecule has 0 spiro atoms. The van der Waals surface area contributed by atoms with E-state index in [0.29, 0.717) is 5.57 Å². The number of aliphatic hydroxyl groups is 1. The number of benzene rings is 1. The average molecular weight is 512 g/mol. The molecule has 1 aromatic carbocycles. The molecular formula is C22H21F4N5O3S. The Balaban J connectivity index is 1.67. The summed E-state index contributed by atoms with van der Waals surface area (Å²) in [6, 6.07) is 7.66. The minimum absolute atomic E-state index is 0.0850. The molecule has 0 saturated heterocycles. The molecule has 186 valence electrons. The first kappa shape index (κ1) is 24.7. The van der Waals surface area contributed by atoms with E-state index in [4.69, 9.17) is 4.74 Å². The number of allylic oxidation sites excluding steroid dienone is 2. The number of aliphatic hydroxyl groups excluding tert-OH is 1. The van der Waals surface area contributed by atoms with Gasteiger partial charge in [0.2, 0.25) is 0 Å². The van der Waals surface area contributed by atoms with Crippen molar-refractivity contribution in [1.29, 1.82) is 0 Å². The van der Waals surface area contributed by atoms with Crippen molar-refractivity contribution in [3.8, 4) is 5.75 Å². The number of nitrogens with zero attached hydrogens (tertiary/aromatic N) is 3. The Bertz CT molecular complexity index is 1320. The number of nitrogens with one attached hydrogen (secondary N) is 2. The molecule has 0 bridgehead atoms. The molecule has 0 aliphatic carbocycles. The number of ether oxygens (including phenoxy) is 1. The van der Waals surface area contributed by atoms with E-state index in [2.05, 4.69) is 20.8 Å². The zero-order valence-corrected chi connectivity index (χ0v) is 19.2. The van der Waals surface area contributed by atoms with E-state index in [1.165, 1.54) is 23.5 Å². The summed E-state index contributed by atoms with van der Waals surface area (Å²) in [6.07, 6.45) is -4.55. The van der Waals surface area contributed by atoms with E-state index in [0.717, 1.165) is 26.9 Å². The SMILES string of the molecule is CCc1ccc(C2=C(n3nn[nH]c3=O)C(O)NC(c3ccc(OCCCC(F)(F)F)cc3F)=C2)s1. The van der Waals surface area contributed by atoms with Gasteiger partial charge in [0.05, 0.1) is 6.61 Å². The first-order chi connectivity index (χ1) is 16.7. The monoisotopic (exact) mass is 511 g/mol. The Labute approximate surface area is 200 Å². The van der Waals surface area contributed by atoms with Gasteiger partial charge in [0.15, 0.2) is 6.23 Å². The van der Waals surface area contributed by atoms with Gasteiger partial charge in [0, 0.05) is 39.1 Å². The summed E-state index contributed by atoms with van der Waals surface area (Å²) < 4.78 is 57.9. The average Bonchev–Trinajstić information content (AvgIpc) is 3.44. The van der Waals surface area contributed by atoms with Crippen LogP contribution in [0, 0.1) is 5.82 Å². The number of aromatic nitrogens is 4. The molecule has 35 heavy (non-hydrogen) atoms. The predicted molar refractivity (Wildman–Crippen MR) is 122 cm³/mol. The zero-order chi connectivity index (χ0) is 25.2. The molecule has 3 heterocycles. The van der Waals surface area contributed by atoms with Gasteiger partial charge in [0.1, 0.15) is 17.3 Å². The van der Waals surface area contributed by atoms with Crippen LogP contribution in [0.3, 0.4) is 0 Å². The van der Waals surface area contributed by atoms with Crippen LogP contribution in [0.1, 0.15) is 35.1 Å². The van der Waals surface area contributed by atoms with E-state index in [1.54, 1.807) is 6.08 Å². The lowest BCUT2D eigenvalue weighted by Crippen LogP contribution is -2.37. The molecule has 3 aromatic rings. The first-order valence-electron chi connectivity index (χ1n) is 10.7. The fourth-order valence-electron chi connectivity index (χ4n) is 3.54. The second kappa shape index (κ2) is 10.0. The number of dihydropyridines is 1. The van der Waals surface area contributed by atoms with Gasteiger partial charge in [-0.15, -0.1) is 11.3 Å². The smallest absolute Gasteiger partial charge is 0.389 e. The molecule has 0 amide bonds. The van der Waals surface area contributed by atoms with E-state index < -0.39 is 30.3 Å². The van der Waals surface area contributed by atoms with E-state index in [1.807, 2.05) is 19.1 Å². The molecule has 4 rings (SSSR count). The van der Waals surface area contributed by atoms with Crippen LogP contribution in [0.25, 0.3) is 17.0 Å². The molecule has 2 aromatic heterocycles. The Kier molecular flexibility index (Phi) is 7.08. The molecule has 13 heteroatoms. The van der Waals surface area contributed by atoms with Gasteiger partial charge < -0.3 is 15.2 Å². The fourth-order valence-corrected chi connectivity index (χ4v) is 4.51. The van der Waals surface area contributed by atoms with Crippen molar-refractivity contribution in [3.63, 3.8) is 0 Å². The zero-order valence-electron chi connectivity index (χ0n) is 18.4. The molecule has 1 aliphatic heterocycles. The summed E-state index contributed by atoms with van der Waals surface area (Å²) in [5, 5.41) is 23.0. The standard InChI is InChI=1S/C22H21F4N5O3S/c1-2-13-5-7-18(35-13)15-11-17(27-20(32)19(15)31-21(33)28-29-30-31)14-6-4-12(10-16(14)23)34-9-3-8-22(24,25)26/h4-7,10-11,20,27,32H,2-3,8-9H2,1H3,(H,28,30,33). The summed E-state index contributed by atoms with van der Waals surface area (Å²) in [5.74, 6) is -0.618. The number of thiophene rings is 1. The van der Waals surface area contributed by atoms with Crippen molar-refractivity contribution in [2.45, 2.75) is 38.6 Å². The van der Waals surface area contributed by atoms with Crippen LogP contribution < -0.4 is 15.7 Å². The van der Waals surface area contributed by atoms with Crippen molar-refractivity contribution in [3.05, 3.63) is 68.0 Å². The van der Waals surface area contributed by atoms with Crippen molar-refractivity contribution in [2.75, 3.05) is 6.61 Å². The number of halogens is 4. The highest BCUT2D eigenvalue weighted by molar-refractivity contribution is 7.13. The maximum atomic E-state index is 15.0. The number of alkyl halides is 3. The molecule has 1 atom stereocenters. The van der Waals surface area contributed by atoms with Crippen molar-refractivity contribution in [2.24, 2.45) is 0 Å². The second-order valence-electron chi connectivity index (χ2n) is 7.65. The van der Waals surface area contributed by atoms with Crippen molar-refractivity contribution >= 4 is 28.3 Å². The van der Waals surface area contributed by atoms with Gasteiger partial charge in [-0.1, -0.05) is 6.92 Å². The third-order valence-corrected chi connectivity index (χ3v) is 6.46. The maximum Gasteiger partial charge on any atom is 0.389 e. The number of aromatic amines is 1. The summed E-state index contributed by atoms with van der Waals surface area (Å²) in [4.78, 5) is 14.0. The summed E-state index contributed by atoms with van der Waals surface area (Å²) in [6.45, 7) is 1.78. The van der Waals surface area contributed by atoms with Crippen LogP contribution in [-0.4, -0.2) is 44.3 Å². The Hall–Kier alpha value is -3.45. The van der Waals surface area contributed by atoms with Gasteiger partial charge in [-0.3, -0.25) is 0 Å². The minimum atomic E-state index is -4.28. The number of aryl methyl sites for hydroxylation is 1. The van der Waals surface area contributed by atoms with Crippen LogP contribution >= 0.6 is 11.3 Å². The third kappa shape index (κ3) is 5.62. The molecule has 1 unspecified atom stereocenters. The summed E-state index contributed by atoms with van der Waals surface area (Å²) in [7, 11) is 0. The van der Waals surface area contributed by atoms with Gasteiger partial charge in [-0.25, -0.2) is 14.3 Å². The Morgan fingerprint density at radius 3 is 2.69 bits per heavy atom. The van der Waals surface area contributed by atoms with Crippen molar-refractivity contribution in [1.82, 2.24) is 25.5 Å². The largest absolute Gasteiger partial charge is 0.493 e. The second-order valence-corrected chi connectivity index (χ2v) is 8.82. The van der Waals surface area contributed by atoms with E-state index in [9.17, 15) is 27.5 Å². The van der Waals surface area contributed by atoms with Gasteiger partial charge in [-0.2, -0.15) is 17.9 Å². The van der Waals surface area contributed by atoms with E-state index >= 15 is 0 Å². The van der Waals surface area contributed by atoms with Gasteiger partial charge in [-0.05, 0) is 53.6 Å². The molecule has 8 nitrogen and oxygen atoms in total. The molecule has 1 aliphatic rings. The number of H-pyrrole nitrogens is 1. The lowest BCUT2D eigenvalue weighted by Gasteiger charge is -2.26. The Morgan fingerprint density at radius 1 is 1.26 bits per heavy atom. The number of tetrazole rings is 1. The lowest BCUT2D eigenvalue weighted by atomic mass is 10.0. The highest BCUT2D eigenvalue weighted by Gasteiger charge is 2.29. The van der Waals surface area contributed by atoms with E-state index in [-0.39, 0.29) is 35.7 Å². The molecule has 0 saturated carbocycles. The maximum absolute atomic E-state index is 15.0. The van der Waals surface area contributed by atoms with Crippen LogP contribution in [0.15, 0.2) is 41.2 Å². The van der Waals surface area contributed by atoms with Crippen molar-refractivity contribution < 1.29 is 27.4 Å². The lowest BCUT2D eigenvalue weighted by molar-refractivity contribution is -0.136. The topological polar surface area (TPSA) is 105 Å². The minimum Gasteiger partial charge on any atom is -0.493 e. The van der Waals surface area contributed by atoms with Gasteiger partial charge in [0.25, 0.3) is 0 Å². The number of hydrogen-bond donors (Lipinski definition) is 3. The fraction of sp³-hybridized carbons (Fsp3) is 0.318. The molecule has 3 N–H and O–H groups in total. The van der Waals surface area contributed by atoms with Crippen LogP contribution in [-0.2, 0) is 6.42 Å². The number of rotatable bonds is 8. The van der Waals surface area contributed by atoms with Gasteiger partial charge >= 0.3 is 11.9 Å². The highest BCUT2D eigenvalue weighted by atomic mass is 32.1. The predicted octanol–water partition coefficient (Wildman–Crippen LogP) is 3.78. The molecular weight excluding hydrogens is 490 g/mol.